The molecule has 0 unspecified atom stereocenters. The standard InChI is InChI=1S/C15H15F5N2O4/c16-13(17)26-11-2-1-9(7-10(11)15(18,19)20)21-14(25)22-5-3-8(4-6-22)12(23)24/h1-2,7-8,13H,3-6H2,(H,21,25)(H,23,24). The highest BCUT2D eigenvalue weighted by Gasteiger charge is 2.36. The van der Waals surface area contributed by atoms with E-state index in [1.807, 2.05) is 0 Å². The predicted molar refractivity (Wildman–Crippen MR) is 79.0 cm³/mol. The van der Waals surface area contributed by atoms with Gasteiger partial charge in [-0.15, -0.1) is 0 Å². The van der Waals surface area contributed by atoms with Gasteiger partial charge in [0.2, 0.25) is 0 Å². The Kier molecular flexibility index (Phi) is 5.88. The highest BCUT2D eigenvalue weighted by atomic mass is 19.4. The van der Waals surface area contributed by atoms with Gasteiger partial charge in [-0.05, 0) is 31.0 Å². The lowest BCUT2D eigenvalue weighted by Crippen LogP contribution is -2.42. The molecule has 2 rings (SSSR count). The summed E-state index contributed by atoms with van der Waals surface area (Å²) in [5, 5.41) is 11.1. The SMILES string of the molecule is O=C(O)C1CCN(C(=O)Nc2ccc(OC(F)F)c(C(F)(F)F)c2)CC1. The van der Waals surface area contributed by atoms with Crippen molar-refractivity contribution in [2.75, 3.05) is 18.4 Å². The minimum atomic E-state index is -4.95. The number of hydrogen-bond donors (Lipinski definition) is 2. The van der Waals surface area contributed by atoms with Crippen LogP contribution >= 0.6 is 0 Å². The average Bonchev–Trinajstić information content (AvgIpc) is 2.54. The normalized spacial score (nSPS) is 15.8. The van der Waals surface area contributed by atoms with Crippen LogP contribution < -0.4 is 10.1 Å². The zero-order valence-corrected chi connectivity index (χ0v) is 13.2. The summed E-state index contributed by atoms with van der Waals surface area (Å²) in [5.41, 5.74) is -1.69. The van der Waals surface area contributed by atoms with Crippen LogP contribution in [0, 0.1) is 5.92 Å². The molecule has 1 heterocycles. The summed E-state index contributed by atoms with van der Waals surface area (Å²) in [7, 11) is 0. The number of aliphatic carboxylic acids is 1. The maximum atomic E-state index is 13.0. The van der Waals surface area contributed by atoms with Crippen molar-refractivity contribution in [1.29, 1.82) is 0 Å². The molecule has 0 aliphatic carbocycles. The van der Waals surface area contributed by atoms with Gasteiger partial charge in [-0.1, -0.05) is 0 Å². The highest BCUT2D eigenvalue weighted by molar-refractivity contribution is 5.89. The molecule has 0 atom stereocenters. The lowest BCUT2D eigenvalue weighted by Gasteiger charge is -2.30. The number of halogens is 5. The Bertz CT molecular complexity index is 672. The first-order valence-electron chi connectivity index (χ1n) is 7.52. The van der Waals surface area contributed by atoms with E-state index in [1.54, 1.807) is 0 Å². The molecule has 0 spiro atoms. The van der Waals surface area contributed by atoms with Gasteiger partial charge in [-0.2, -0.15) is 22.0 Å². The molecule has 144 valence electrons. The molecule has 6 nitrogen and oxygen atoms in total. The maximum absolute atomic E-state index is 13.0. The zero-order valence-electron chi connectivity index (χ0n) is 13.2. The van der Waals surface area contributed by atoms with Crippen molar-refractivity contribution in [3.63, 3.8) is 0 Å². The van der Waals surface area contributed by atoms with E-state index in [9.17, 15) is 31.5 Å². The number of likely N-dealkylation sites (tertiary alicyclic amines) is 1. The van der Waals surface area contributed by atoms with Crippen molar-refractivity contribution in [3.05, 3.63) is 23.8 Å². The van der Waals surface area contributed by atoms with E-state index in [1.165, 1.54) is 4.90 Å². The largest absolute Gasteiger partial charge is 0.481 e. The molecule has 1 aliphatic heterocycles. The molecule has 0 saturated carbocycles. The molecule has 1 aromatic rings. The average molecular weight is 382 g/mol. The van der Waals surface area contributed by atoms with E-state index in [4.69, 9.17) is 5.11 Å². The van der Waals surface area contributed by atoms with Crippen LogP contribution in [0.25, 0.3) is 0 Å². The quantitative estimate of drug-likeness (QED) is 0.780. The second-order valence-electron chi connectivity index (χ2n) is 5.62. The summed E-state index contributed by atoms with van der Waals surface area (Å²) < 4.78 is 67.3. The lowest BCUT2D eigenvalue weighted by atomic mass is 9.97. The van der Waals surface area contributed by atoms with Gasteiger partial charge in [0.15, 0.2) is 0 Å². The van der Waals surface area contributed by atoms with Gasteiger partial charge in [0.25, 0.3) is 0 Å². The predicted octanol–water partition coefficient (Wildman–Crippen LogP) is 3.64. The molecular formula is C15H15F5N2O4. The molecule has 0 aromatic heterocycles. The number of nitrogens with zero attached hydrogens (tertiary/aromatic N) is 1. The zero-order chi connectivity index (χ0) is 19.5. The van der Waals surface area contributed by atoms with Crippen LogP contribution in [-0.4, -0.2) is 41.7 Å². The minimum Gasteiger partial charge on any atom is -0.481 e. The Labute approximate surface area is 144 Å². The number of carbonyl (C=O) groups excluding carboxylic acids is 1. The smallest absolute Gasteiger partial charge is 0.420 e. The third-order valence-electron chi connectivity index (χ3n) is 3.88. The highest BCUT2D eigenvalue weighted by Crippen LogP contribution is 2.38. The summed E-state index contributed by atoms with van der Waals surface area (Å²) in [6.45, 7) is -3.14. The number of amides is 2. The molecule has 1 aliphatic rings. The molecule has 1 fully saturated rings. The second-order valence-corrected chi connectivity index (χ2v) is 5.62. The van der Waals surface area contributed by atoms with Gasteiger partial charge in [0, 0.05) is 18.8 Å². The lowest BCUT2D eigenvalue weighted by molar-refractivity contribution is -0.143. The first kappa shape index (κ1) is 19.7. The monoisotopic (exact) mass is 382 g/mol. The maximum Gasteiger partial charge on any atom is 0.420 e. The van der Waals surface area contributed by atoms with Gasteiger partial charge in [0.1, 0.15) is 5.75 Å². The number of urea groups is 1. The Morgan fingerprint density at radius 2 is 1.85 bits per heavy atom. The van der Waals surface area contributed by atoms with Gasteiger partial charge in [0.05, 0.1) is 11.5 Å². The van der Waals surface area contributed by atoms with E-state index < -0.39 is 42.0 Å². The Balaban J connectivity index is 2.09. The molecule has 1 saturated heterocycles. The number of carboxylic acid groups (broad SMARTS) is 1. The molecule has 0 bridgehead atoms. The van der Waals surface area contributed by atoms with Crippen LogP contribution in [0.15, 0.2) is 18.2 Å². The number of anilines is 1. The van der Waals surface area contributed by atoms with Crippen LogP contribution in [0.4, 0.5) is 32.4 Å². The minimum absolute atomic E-state index is 0.140. The number of nitrogens with one attached hydrogen (secondary N) is 1. The molecule has 1 aromatic carbocycles. The van der Waals surface area contributed by atoms with Crippen molar-refractivity contribution in [2.45, 2.75) is 25.6 Å². The number of rotatable bonds is 4. The first-order valence-corrected chi connectivity index (χ1v) is 7.52. The van der Waals surface area contributed by atoms with Crippen molar-refractivity contribution < 1.29 is 41.4 Å². The third kappa shape index (κ3) is 4.96. The van der Waals surface area contributed by atoms with Crippen LogP contribution in [0.2, 0.25) is 0 Å². The Hall–Kier alpha value is -2.59. The Morgan fingerprint density at radius 3 is 2.35 bits per heavy atom. The van der Waals surface area contributed by atoms with Crippen LogP contribution in [0.3, 0.4) is 0 Å². The molecule has 0 radical (unpaired) electrons. The first-order chi connectivity index (χ1) is 12.1. The third-order valence-corrected chi connectivity index (χ3v) is 3.88. The van der Waals surface area contributed by atoms with Crippen molar-refractivity contribution in [1.82, 2.24) is 4.90 Å². The Morgan fingerprint density at radius 1 is 1.23 bits per heavy atom. The van der Waals surface area contributed by atoms with Gasteiger partial charge >= 0.3 is 24.8 Å². The van der Waals surface area contributed by atoms with Crippen LogP contribution in [0.5, 0.6) is 5.75 Å². The van der Waals surface area contributed by atoms with Crippen molar-refractivity contribution in [2.24, 2.45) is 5.92 Å². The number of carboxylic acids is 1. The fraction of sp³-hybridized carbons (Fsp3) is 0.467. The number of benzene rings is 1. The summed E-state index contributed by atoms with van der Waals surface area (Å²) in [6.07, 6.45) is -4.49. The fourth-order valence-electron chi connectivity index (χ4n) is 2.56. The van der Waals surface area contributed by atoms with E-state index >= 15 is 0 Å². The summed E-state index contributed by atoms with van der Waals surface area (Å²) in [5.74, 6) is -2.58. The van der Waals surface area contributed by atoms with E-state index in [-0.39, 0.29) is 31.6 Å². The molecule has 11 heteroatoms. The fourth-order valence-corrected chi connectivity index (χ4v) is 2.56. The molecule has 2 N–H and O–H groups in total. The number of piperidine rings is 1. The number of hydrogen-bond acceptors (Lipinski definition) is 3. The van der Waals surface area contributed by atoms with Crippen LogP contribution in [-0.2, 0) is 11.0 Å². The molecule has 26 heavy (non-hydrogen) atoms. The number of alkyl halides is 5. The number of ether oxygens (including phenoxy) is 1. The summed E-state index contributed by atoms with van der Waals surface area (Å²) >= 11 is 0. The summed E-state index contributed by atoms with van der Waals surface area (Å²) in [4.78, 5) is 24.2. The van der Waals surface area contributed by atoms with Crippen molar-refractivity contribution >= 4 is 17.7 Å². The van der Waals surface area contributed by atoms with E-state index in [0.29, 0.717) is 12.1 Å². The van der Waals surface area contributed by atoms with E-state index in [2.05, 4.69) is 10.1 Å². The topological polar surface area (TPSA) is 78.9 Å². The van der Waals surface area contributed by atoms with Gasteiger partial charge < -0.3 is 20.1 Å². The van der Waals surface area contributed by atoms with Crippen LogP contribution in [0.1, 0.15) is 18.4 Å². The summed E-state index contributed by atoms with van der Waals surface area (Å²) in [6, 6.07) is 1.50. The van der Waals surface area contributed by atoms with E-state index in [0.717, 1.165) is 6.07 Å². The number of carbonyl (C=O) groups is 2. The van der Waals surface area contributed by atoms with Crippen molar-refractivity contribution in [3.8, 4) is 5.75 Å². The molecule has 2 amide bonds. The van der Waals surface area contributed by atoms with Gasteiger partial charge in [-0.3, -0.25) is 4.79 Å². The molecular weight excluding hydrogens is 367 g/mol. The second kappa shape index (κ2) is 7.75. The van der Waals surface area contributed by atoms with Gasteiger partial charge in [-0.25, -0.2) is 4.79 Å².